The van der Waals surface area contributed by atoms with Crippen LogP contribution < -0.4 is 4.74 Å². The molecule has 4 aromatic rings. The second-order valence-corrected chi connectivity index (χ2v) is 9.45. The lowest BCUT2D eigenvalue weighted by atomic mass is 9.83. The molecule has 0 unspecified atom stereocenters. The van der Waals surface area contributed by atoms with Crippen LogP contribution in [0.5, 0.6) is 11.5 Å². The quantitative estimate of drug-likeness (QED) is 0.297. The van der Waals surface area contributed by atoms with Gasteiger partial charge in [-0.2, -0.15) is 0 Å². The number of hydrogen-bond acceptors (Lipinski definition) is 3. The van der Waals surface area contributed by atoms with Crippen molar-refractivity contribution in [2.24, 2.45) is 0 Å². The molecule has 0 bridgehead atoms. The highest BCUT2D eigenvalue weighted by Crippen LogP contribution is 2.31. The molecule has 2 heterocycles. The van der Waals surface area contributed by atoms with E-state index in [-0.39, 0.29) is 5.41 Å². The number of aryl methyl sites for hydroxylation is 3. The molecular formula is C30H32N2O. The number of ether oxygens (including phenoxy) is 1. The van der Waals surface area contributed by atoms with Crippen LogP contribution in [-0.4, -0.2) is 9.97 Å². The summed E-state index contributed by atoms with van der Waals surface area (Å²) in [5.74, 6) is 1.57. The zero-order chi connectivity index (χ0) is 23.4. The molecule has 0 aliphatic carbocycles. The van der Waals surface area contributed by atoms with Crippen LogP contribution in [0.3, 0.4) is 0 Å². The Bertz CT molecular complexity index is 1230. The maximum absolute atomic E-state index is 5.89. The number of para-hydroxylation sites is 1. The number of rotatable bonds is 7. The summed E-state index contributed by atoms with van der Waals surface area (Å²) in [6.45, 7) is 11.0. The number of aromatic nitrogens is 2. The minimum absolute atomic E-state index is 0.0742. The molecule has 0 saturated carbocycles. The van der Waals surface area contributed by atoms with Crippen LogP contribution in [0.25, 0.3) is 11.3 Å². The fraction of sp³-hybridized carbons (Fsp3) is 0.267. The second-order valence-electron chi connectivity index (χ2n) is 9.45. The molecule has 33 heavy (non-hydrogen) atoms. The fourth-order valence-electron chi connectivity index (χ4n) is 4.04. The van der Waals surface area contributed by atoms with Crippen LogP contribution in [0, 0.1) is 20.8 Å². The van der Waals surface area contributed by atoms with Crippen LogP contribution in [-0.2, 0) is 11.8 Å². The van der Waals surface area contributed by atoms with E-state index in [4.69, 9.17) is 14.7 Å². The number of benzene rings is 2. The van der Waals surface area contributed by atoms with Crippen LogP contribution >= 0.6 is 0 Å². The van der Waals surface area contributed by atoms with E-state index in [2.05, 4.69) is 71.0 Å². The molecule has 0 N–H and O–H groups in total. The van der Waals surface area contributed by atoms with Gasteiger partial charge in [-0.1, -0.05) is 55.8 Å². The van der Waals surface area contributed by atoms with Crippen molar-refractivity contribution in [1.29, 1.82) is 0 Å². The third-order valence-corrected chi connectivity index (χ3v) is 6.29. The van der Waals surface area contributed by atoms with E-state index in [1.54, 1.807) is 0 Å². The lowest BCUT2D eigenvalue weighted by Gasteiger charge is -2.24. The molecule has 4 rings (SSSR count). The van der Waals surface area contributed by atoms with Gasteiger partial charge >= 0.3 is 0 Å². The van der Waals surface area contributed by atoms with Gasteiger partial charge in [0.05, 0.1) is 11.9 Å². The fourth-order valence-corrected chi connectivity index (χ4v) is 4.04. The van der Waals surface area contributed by atoms with Crippen molar-refractivity contribution in [3.05, 3.63) is 107 Å². The highest BCUT2D eigenvalue weighted by Gasteiger charge is 2.23. The number of pyridine rings is 2. The maximum atomic E-state index is 5.89. The molecule has 0 aliphatic heterocycles. The smallest absolute Gasteiger partial charge is 0.145 e. The summed E-state index contributed by atoms with van der Waals surface area (Å²) in [6.07, 6.45) is 3.67. The Morgan fingerprint density at radius 2 is 1.61 bits per heavy atom. The molecule has 0 saturated heterocycles. The molecule has 168 valence electrons. The predicted octanol–water partition coefficient (Wildman–Crippen LogP) is 7.77. The molecule has 0 atom stereocenters. The van der Waals surface area contributed by atoms with E-state index < -0.39 is 0 Å². The summed E-state index contributed by atoms with van der Waals surface area (Å²) < 4.78 is 5.89. The van der Waals surface area contributed by atoms with Gasteiger partial charge in [0.1, 0.15) is 11.5 Å². The Balaban J connectivity index is 1.49. The van der Waals surface area contributed by atoms with Gasteiger partial charge in [0, 0.05) is 22.4 Å². The highest BCUT2D eigenvalue weighted by molar-refractivity contribution is 5.65. The van der Waals surface area contributed by atoms with E-state index in [0.717, 1.165) is 41.4 Å². The van der Waals surface area contributed by atoms with Gasteiger partial charge in [-0.05, 0) is 81.1 Å². The molecule has 3 heteroatoms. The predicted molar refractivity (Wildman–Crippen MR) is 136 cm³/mol. The first-order chi connectivity index (χ1) is 15.8. The van der Waals surface area contributed by atoms with Crippen molar-refractivity contribution in [3.63, 3.8) is 0 Å². The summed E-state index contributed by atoms with van der Waals surface area (Å²) in [7, 11) is 0. The molecule has 0 fully saturated rings. The Morgan fingerprint density at radius 3 is 2.30 bits per heavy atom. The first kappa shape index (κ1) is 22.7. The maximum Gasteiger partial charge on any atom is 0.145 e. The summed E-state index contributed by atoms with van der Waals surface area (Å²) in [6, 6.07) is 24.7. The highest BCUT2D eigenvalue weighted by atomic mass is 16.5. The van der Waals surface area contributed by atoms with Gasteiger partial charge in [0.2, 0.25) is 0 Å². The van der Waals surface area contributed by atoms with E-state index >= 15 is 0 Å². The van der Waals surface area contributed by atoms with Crippen LogP contribution in [0.2, 0.25) is 0 Å². The first-order valence-corrected chi connectivity index (χ1v) is 11.6. The zero-order valence-electron chi connectivity index (χ0n) is 20.2. The number of nitrogens with zero attached hydrogens (tertiary/aromatic N) is 2. The zero-order valence-corrected chi connectivity index (χ0v) is 20.2. The topological polar surface area (TPSA) is 35.0 Å². The largest absolute Gasteiger partial charge is 0.456 e. The van der Waals surface area contributed by atoms with Gasteiger partial charge < -0.3 is 4.74 Å². The Hall–Kier alpha value is -3.46. The van der Waals surface area contributed by atoms with Gasteiger partial charge in [-0.3, -0.25) is 9.97 Å². The van der Waals surface area contributed by atoms with Crippen molar-refractivity contribution in [2.75, 3.05) is 0 Å². The molecule has 2 aromatic carbocycles. The summed E-state index contributed by atoms with van der Waals surface area (Å²) >= 11 is 0. The van der Waals surface area contributed by atoms with Gasteiger partial charge in [0.25, 0.3) is 0 Å². The average Bonchev–Trinajstić information content (AvgIpc) is 2.81. The van der Waals surface area contributed by atoms with Crippen molar-refractivity contribution < 1.29 is 4.74 Å². The molecule has 0 spiro atoms. The average molecular weight is 437 g/mol. The second kappa shape index (κ2) is 9.58. The van der Waals surface area contributed by atoms with Crippen LogP contribution in [0.15, 0.2) is 79.0 Å². The molecular weight excluding hydrogens is 404 g/mol. The number of hydrogen-bond donors (Lipinski definition) is 0. The van der Waals surface area contributed by atoms with Crippen LogP contribution in [0.1, 0.15) is 48.3 Å². The molecule has 2 aromatic heterocycles. The standard InChI is InChI=1S/C30H32N2O/c1-21-10-9-11-24(18-21)29-23(3)22(2)19-25(32-29)16-17-30(4,5)28-15-14-27(20-31-28)33-26-12-7-6-8-13-26/h6-15,18-20H,16-17H2,1-5H3. The lowest BCUT2D eigenvalue weighted by Crippen LogP contribution is -2.20. The minimum atomic E-state index is -0.0742. The van der Waals surface area contributed by atoms with Crippen molar-refractivity contribution in [2.45, 2.75) is 52.9 Å². The van der Waals surface area contributed by atoms with Gasteiger partial charge in [0.15, 0.2) is 0 Å². The van der Waals surface area contributed by atoms with Crippen molar-refractivity contribution >= 4 is 0 Å². The Kier molecular flexibility index (Phi) is 6.60. The summed E-state index contributed by atoms with van der Waals surface area (Å²) in [5.41, 5.74) is 8.18. The summed E-state index contributed by atoms with van der Waals surface area (Å²) in [5, 5.41) is 0. The van der Waals surface area contributed by atoms with Crippen LogP contribution in [0.4, 0.5) is 0 Å². The van der Waals surface area contributed by atoms with Crippen molar-refractivity contribution in [1.82, 2.24) is 9.97 Å². The van der Waals surface area contributed by atoms with E-state index in [9.17, 15) is 0 Å². The van der Waals surface area contributed by atoms with Crippen molar-refractivity contribution in [3.8, 4) is 22.8 Å². The Labute approximate surface area is 197 Å². The van der Waals surface area contributed by atoms with E-state index in [0.29, 0.717) is 0 Å². The molecule has 0 amide bonds. The van der Waals surface area contributed by atoms with E-state index in [1.165, 1.54) is 22.3 Å². The molecule has 0 aliphatic rings. The Morgan fingerprint density at radius 1 is 0.818 bits per heavy atom. The third-order valence-electron chi connectivity index (χ3n) is 6.29. The van der Waals surface area contributed by atoms with E-state index in [1.807, 2.05) is 42.6 Å². The first-order valence-electron chi connectivity index (χ1n) is 11.6. The van der Waals surface area contributed by atoms with Gasteiger partial charge in [-0.25, -0.2) is 0 Å². The molecule has 3 nitrogen and oxygen atoms in total. The third kappa shape index (κ3) is 5.48. The molecule has 0 radical (unpaired) electrons. The van der Waals surface area contributed by atoms with Gasteiger partial charge in [-0.15, -0.1) is 0 Å². The lowest BCUT2D eigenvalue weighted by molar-refractivity contribution is 0.454. The summed E-state index contributed by atoms with van der Waals surface area (Å²) in [4.78, 5) is 9.78. The monoisotopic (exact) mass is 436 g/mol. The normalized spacial score (nSPS) is 11.4. The SMILES string of the molecule is Cc1cccc(-c2nc(CCC(C)(C)c3ccc(Oc4ccccc4)cn3)cc(C)c2C)c1. The minimum Gasteiger partial charge on any atom is -0.456 e.